The molecule has 1 nitrogen and oxygen atoms in total. The van der Waals surface area contributed by atoms with Gasteiger partial charge in [-0.15, -0.1) is 0 Å². The van der Waals surface area contributed by atoms with Crippen molar-refractivity contribution in [2.75, 3.05) is 0 Å². The van der Waals surface area contributed by atoms with Crippen molar-refractivity contribution in [1.29, 1.82) is 0 Å². The number of para-hydroxylation sites is 1. The van der Waals surface area contributed by atoms with Crippen LogP contribution in [0.5, 0.6) is 0 Å². The Morgan fingerprint density at radius 2 is 0.970 bits per heavy atom. The van der Waals surface area contributed by atoms with E-state index in [1.165, 1.54) is 44.4 Å². The van der Waals surface area contributed by atoms with Crippen molar-refractivity contribution in [2.45, 2.75) is 0 Å². The number of hydrogen-bond acceptors (Lipinski definition) is 0. The van der Waals surface area contributed by atoms with Gasteiger partial charge in [0.05, 0.1) is 11.4 Å². The van der Waals surface area contributed by atoms with E-state index in [1.807, 2.05) is 0 Å². The number of aromatic nitrogens is 1. The third kappa shape index (κ3) is 3.54. The van der Waals surface area contributed by atoms with Gasteiger partial charge < -0.3 is 4.57 Å². The molecule has 33 heavy (non-hydrogen) atoms. The minimum Gasteiger partial charge on any atom is -0.309 e. The van der Waals surface area contributed by atoms with Crippen molar-refractivity contribution in [3.8, 4) is 39.3 Å². The van der Waals surface area contributed by atoms with Crippen LogP contribution in [-0.4, -0.2) is 4.57 Å². The van der Waals surface area contributed by atoms with Gasteiger partial charge in [-0.25, -0.2) is 0 Å². The van der Waals surface area contributed by atoms with Gasteiger partial charge in [-0.05, 0) is 51.7 Å². The summed E-state index contributed by atoms with van der Waals surface area (Å²) >= 11 is 0. The largest absolute Gasteiger partial charge is 0.309 e. The number of fused-ring (bicyclic) bond motifs is 1. The van der Waals surface area contributed by atoms with Crippen LogP contribution in [0.25, 0.3) is 50.1 Å². The second kappa shape index (κ2) is 8.29. The highest BCUT2D eigenvalue weighted by atomic mass is 15.0. The minimum absolute atomic E-state index is 1.15. The molecule has 0 bridgehead atoms. The Hall–Kier alpha value is -4.36. The molecule has 0 unspecified atom stereocenters. The summed E-state index contributed by atoms with van der Waals surface area (Å²) in [7, 11) is 0. The Morgan fingerprint density at radius 3 is 1.67 bits per heavy atom. The summed E-state index contributed by atoms with van der Waals surface area (Å²) in [6.07, 6.45) is 0. The van der Waals surface area contributed by atoms with E-state index in [9.17, 15) is 0 Å². The minimum atomic E-state index is 1.15. The van der Waals surface area contributed by atoms with Crippen LogP contribution in [0.3, 0.4) is 0 Å². The Labute approximate surface area is 194 Å². The molecule has 0 aliphatic carbocycles. The summed E-state index contributed by atoms with van der Waals surface area (Å²) in [4.78, 5) is 0. The zero-order valence-electron chi connectivity index (χ0n) is 18.2. The summed E-state index contributed by atoms with van der Waals surface area (Å²) in [6.45, 7) is 0. The Morgan fingerprint density at radius 1 is 0.394 bits per heavy atom. The average molecular weight is 422 g/mol. The Kier molecular flexibility index (Phi) is 4.86. The normalized spacial score (nSPS) is 11.0. The fraction of sp³-hybridized carbons (Fsp3) is 0. The summed E-state index contributed by atoms with van der Waals surface area (Å²) in [5.41, 5.74) is 8.40. The van der Waals surface area contributed by atoms with E-state index in [2.05, 4.69) is 144 Å². The van der Waals surface area contributed by atoms with Gasteiger partial charge in [-0.1, -0.05) is 115 Å². The lowest BCUT2D eigenvalue weighted by molar-refractivity contribution is 1.10. The van der Waals surface area contributed by atoms with E-state index in [4.69, 9.17) is 0 Å². The molecule has 0 radical (unpaired) electrons. The quantitative estimate of drug-likeness (QED) is 0.268. The van der Waals surface area contributed by atoms with Crippen LogP contribution in [-0.2, 0) is 0 Å². The van der Waals surface area contributed by atoms with Gasteiger partial charge >= 0.3 is 0 Å². The number of hydrogen-bond donors (Lipinski definition) is 0. The van der Waals surface area contributed by atoms with Gasteiger partial charge in [0.2, 0.25) is 0 Å². The van der Waals surface area contributed by atoms with Crippen LogP contribution in [0.4, 0.5) is 0 Å². The molecule has 0 atom stereocenters. The van der Waals surface area contributed by atoms with Gasteiger partial charge in [-0.2, -0.15) is 0 Å². The summed E-state index contributed by atoms with van der Waals surface area (Å²) in [6, 6.07) is 49.7. The van der Waals surface area contributed by atoms with Crippen molar-refractivity contribution < 1.29 is 0 Å². The highest BCUT2D eigenvalue weighted by Gasteiger charge is 2.20. The molecule has 1 aromatic heterocycles. The topological polar surface area (TPSA) is 4.93 Å². The molecule has 0 aliphatic heterocycles. The van der Waals surface area contributed by atoms with Crippen LogP contribution in [0.1, 0.15) is 0 Å². The number of rotatable bonds is 4. The van der Waals surface area contributed by atoms with Crippen molar-refractivity contribution in [3.05, 3.63) is 140 Å². The van der Waals surface area contributed by atoms with Crippen LogP contribution >= 0.6 is 0 Å². The average Bonchev–Trinajstić information content (AvgIpc) is 3.31. The van der Waals surface area contributed by atoms with Crippen LogP contribution in [0.2, 0.25) is 0 Å². The lowest BCUT2D eigenvalue weighted by atomic mass is 9.99. The molecule has 1 heterocycles. The molecule has 5 aromatic carbocycles. The molecule has 0 spiro atoms. The van der Waals surface area contributed by atoms with Crippen molar-refractivity contribution >= 4 is 10.8 Å². The van der Waals surface area contributed by atoms with Gasteiger partial charge in [0, 0.05) is 11.3 Å². The monoisotopic (exact) mass is 421 g/mol. The zero-order valence-corrected chi connectivity index (χ0v) is 18.2. The lowest BCUT2D eigenvalue weighted by Gasteiger charge is -2.16. The SMILES string of the molecule is c1ccc(-c2cc(-c3ccccc3)n(-c3ccccc3)c2-c2ccc3ccccc3c2)cc1. The summed E-state index contributed by atoms with van der Waals surface area (Å²) in [5.74, 6) is 0. The van der Waals surface area contributed by atoms with Crippen LogP contribution < -0.4 is 0 Å². The molecular formula is C32H23N. The molecule has 0 N–H and O–H groups in total. The van der Waals surface area contributed by atoms with Gasteiger partial charge in [0.1, 0.15) is 0 Å². The second-order valence-corrected chi connectivity index (χ2v) is 8.26. The van der Waals surface area contributed by atoms with E-state index in [1.54, 1.807) is 0 Å². The second-order valence-electron chi connectivity index (χ2n) is 8.26. The maximum atomic E-state index is 2.40. The predicted molar refractivity (Wildman–Crippen MR) is 140 cm³/mol. The number of benzene rings is 5. The zero-order chi connectivity index (χ0) is 22.0. The van der Waals surface area contributed by atoms with E-state index in [0.717, 1.165) is 5.69 Å². The highest BCUT2D eigenvalue weighted by molar-refractivity contribution is 5.93. The van der Waals surface area contributed by atoms with E-state index in [-0.39, 0.29) is 0 Å². The van der Waals surface area contributed by atoms with E-state index >= 15 is 0 Å². The molecule has 1 heteroatoms. The maximum absolute atomic E-state index is 2.40. The van der Waals surface area contributed by atoms with Gasteiger partial charge in [0.15, 0.2) is 0 Å². The highest BCUT2D eigenvalue weighted by Crippen LogP contribution is 2.41. The standard InChI is InChI=1S/C32H23N/c1-4-13-25(14-5-1)30-23-31(26-15-6-2-7-16-26)33(29-18-8-3-9-19-29)32(30)28-21-20-24-12-10-11-17-27(24)22-28/h1-23H. The molecule has 0 aliphatic rings. The molecule has 156 valence electrons. The van der Waals surface area contributed by atoms with Crippen molar-refractivity contribution in [1.82, 2.24) is 4.57 Å². The maximum Gasteiger partial charge on any atom is 0.0613 e. The fourth-order valence-electron chi connectivity index (χ4n) is 4.64. The van der Waals surface area contributed by atoms with Crippen molar-refractivity contribution in [3.63, 3.8) is 0 Å². The van der Waals surface area contributed by atoms with Crippen LogP contribution in [0, 0.1) is 0 Å². The first kappa shape index (κ1) is 19.3. The third-order valence-corrected chi connectivity index (χ3v) is 6.19. The molecule has 6 rings (SSSR count). The molecule has 0 fully saturated rings. The van der Waals surface area contributed by atoms with Crippen molar-refractivity contribution in [2.24, 2.45) is 0 Å². The molecule has 0 saturated heterocycles. The lowest BCUT2D eigenvalue weighted by Crippen LogP contribution is -2.00. The van der Waals surface area contributed by atoms with E-state index < -0.39 is 0 Å². The third-order valence-electron chi connectivity index (χ3n) is 6.19. The summed E-state index contributed by atoms with van der Waals surface area (Å²) < 4.78 is 2.40. The molecule has 6 aromatic rings. The fourth-order valence-corrected chi connectivity index (χ4v) is 4.64. The van der Waals surface area contributed by atoms with Crippen LogP contribution in [0.15, 0.2) is 140 Å². The molecule has 0 amide bonds. The smallest absolute Gasteiger partial charge is 0.0613 e. The number of nitrogens with zero attached hydrogens (tertiary/aromatic N) is 1. The van der Waals surface area contributed by atoms with Gasteiger partial charge in [-0.3, -0.25) is 0 Å². The molecule has 0 saturated carbocycles. The Balaban J connectivity index is 1.72. The van der Waals surface area contributed by atoms with Gasteiger partial charge in [0.25, 0.3) is 0 Å². The molecular weight excluding hydrogens is 398 g/mol. The Bertz CT molecular complexity index is 1530. The first-order valence-corrected chi connectivity index (χ1v) is 11.3. The summed E-state index contributed by atoms with van der Waals surface area (Å²) in [5, 5.41) is 2.50. The predicted octanol–water partition coefficient (Wildman–Crippen LogP) is 8.63. The first-order chi connectivity index (χ1) is 16.4. The van der Waals surface area contributed by atoms with E-state index in [0.29, 0.717) is 0 Å². The first-order valence-electron chi connectivity index (χ1n) is 11.3.